The summed E-state index contributed by atoms with van der Waals surface area (Å²) in [5.41, 5.74) is 3.74. The van der Waals surface area contributed by atoms with E-state index in [1.807, 2.05) is 6.20 Å². The lowest BCUT2D eigenvalue weighted by Gasteiger charge is -2.37. The number of nitrogens with zero attached hydrogens (tertiary/aromatic N) is 3. The van der Waals surface area contributed by atoms with Gasteiger partial charge in [-0.3, -0.25) is 4.98 Å². The van der Waals surface area contributed by atoms with Crippen molar-refractivity contribution in [2.45, 2.75) is 39.3 Å². The maximum Gasteiger partial charge on any atom is 0.0445 e. The maximum absolute atomic E-state index is 4.46. The first-order valence-corrected chi connectivity index (χ1v) is 7.69. The smallest absolute Gasteiger partial charge is 0.0445 e. The summed E-state index contributed by atoms with van der Waals surface area (Å²) in [6.07, 6.45) is 4.52. The summed E-state index contributed by atoms with van der Waals surface area (Å²) in [6, 6.07) is 2.87. The Bertz CT molecular complexity index is 424. The predicted octanol–water partition coefficient (Wildman–Crippen LogP) is 2.03. The van der Waals surface area contributed by atoms with Crippen LogP contribution in [0.1, 0.15) is 31.0 Å². The van der Waals surface area contributed by atoms with Crippen molar-refractivity contribution >= 4 is 5.69 Å². The number of aromatic nitrogens is 1. The van der Waals surface area contributed by atoms with Crippen molar-refractivity contribution in [1.29, 1.82) is 0 Å². The molecule has 1 aliphatic rings. The molecule has 2 rings (SSSR count). The van der Waals surface area contributed by atoms with Gasteiger partial charge >= 0.3 is 0 Å². The Labute approximate surface area is 123 Å². The number of nitrogens with one attached hydrogen (secondary N) is 1. The molecule has 0 spiro atoms. The topological polar surface area (TPSA) is 31.4 Å². The minimum Gasteiger partial charge on any atom is -0.371 e. The van der Waals surface area contributed by atoms with Crippen LogP contribution in [0.25, 0.3) is 0 Å². The lowest BCUT2D eigenvalue weighted by molar-refractivity contribution is 0.252. The number of pyridine rings is 1. The molecular weight excluding hydrogens is 248 g/mol. The van der Waals surface area contributed by atoms with E-state index in [1.165, 1.54) is 37.2 Å². The molecule has 1 saturated heterocycles. The van der Waals surface area contributed by atoms with Gasteiger partial charge in [-0.25, -0.2) is 0 Å². The monoisotopic (exact) mass is 276 g/mol. The molecule has 1 N–H and O–H groups in total. The van der Waals surface area contributed by atoms with Gasteiger partial charge in [0.25, 0.3) is 0 Å². The van der Waals surface area contributed by atoms with E-state index in [1.54, 1.807) is 0 Å². The zero-order valence-electron chi connectivity index (χ0n) is 13.3. The normalized spacial score (nSPS) is 17.4. The van der Waals surface area contributed by atoms with Crippen LogP contribution in [-0.2, 0) is 6.54 Å². The average molecular weight is 276 g/mol. The van der Waals surface area contributed by atoms with E-state index in [4.69, 9.17) is 0 Å². The third-order valence-corrected chi connectivity index (χ3v) is 4.28. The van der Waals surface area contributed by atoms with Crippen LogP contribution in [0.5, 0.6) is 0 Å². The molecule has 4 heteroatoms. The molecule has 0 aromatic carbocycles. The van der Waals surface area contributed by atoms with Crippen LogP contribution in [0, 0.1) is 6.92 Å². The highest BCUT2D eigenvalue weighted by Gasteiger charge is 2.22. The van der Waals surface area contributed by atoms with Gasteiger partial charge in [0.05, 0.1) is 0 Å². The van der Waals surface area contributed by atoms with E-state index in [0.29, 0.717) is 6.04 Å². The fourth-order valence-corrected chi connectivity index (χ4v) is 2.88. The number of likely N-dealkylation sites (tertiary alicyclic amines) is 1. The highest BCUT2D eigenvalue weighted by molar-refractivity contribution is 5.54. The Kier molecular flexibility index (Phi) is 5.38. The molecule has 0 bridgehead atoms. The zero-order chi connectivity index (χ0) is 14.5. The van der Waals surface area contributed by atoms with Crippen molar-refractivity contribution in [3.05, 3.63) is 23.5 Å². The van der Waals surface area contributed by atoms with Gasteiger partial charge in [0.1, 0.15) is 0 Å². The van der Waals surface area contributed by atoms with E-state index in [-0.39, 0.29) is 0 Å². The Morgan fingerprint density at radius 2 is 2.10 bits per heavy atom. The summed E-state index contributed by atoms with van der Waals surface area (Å²) in [7, 11) is 4.45. The van der Waals surface area contributed by atoms with Crippen molar-refractivity contribution in [3.8, 4) is 0 Å². The number of anilines is 1. The summed E-state index contributed by atoms with van der Waals surface area (Å²) in [5, 5.41) is 3.41. The average Bonchev–Trinajstić information content (AvgIpc) is 2.46. The molecule has 0 amide bonds. The minimum atomic E-state index is 0.647. The molecule has 112 valence electrons. The lowest BCUT2D eigenvalue weighted by Crippen LogP contribution is -2.42. The highest BCUT2D eigenvalue weighted by Crippen LogP contribution is 2.25. The number of hydrogen-bond donors (Lipinski definition) is 1. The van der Waals surface area contributed by atoms with Crippen LogP contribution in [0.3, 0.4) is 0 Å². The Hall–Kier alpha value is -1.13. The Morgan fingerprint density at radius 3 is 2.75 bits per heavy atom. The molecule has 1 fully saturated rings. The van der Waals surface area contributed by atoms with Gasteiger partial charge < -0.3 is 15.1 Å². The van der Waals surface area contributed by atoms with Crippen LogP contribution >= 0.6 is 0 Å². The number of hydrogen-bond acceptors (Lipinski definition) is 4. The van der Waals surface area contributed by atoms with Gasteiger partial charge in [-0.2, -0.15) is 0 Å². The highest BCUT2D eigenvalue weighted by atomic mass is 15.2. The standard InChI is InChI=1S/C16H28N4/c1-5-17-11-14-12-18-13(2)10-16(14)20(4)15-6-8-19(3)9-7-15/h10,12,15,17H,5-9,11H2,1-4H3. The van der Waals surface area contributed by atoms with Crippen LogP contribution in [-0.4, -0.2) is 49.7 Å². The maximum atomic E-state index is 4.46. The molecule has 20 heavy (non-hydrogen) atoms. The molecule has 0 aliphatic carbocycles. The van der Waals surface area contributed by atoms with Crippen LogP contribution in [0.15, 0.2) is 12.3 Å². The quantitative estimate of drug-likeness (QED) is 0.891. The van der Waals surface area contributed by atoms with Crippen LogP contribution in [0.2, 0.25) is 0 Å². The van der Waals surface area contributed by atoms with Gasteiger partial charge in [0, 0.05) is 42.8 Å². The number of rotatable bonds is 5. The zero-order valence-corrected chi connectivity index (χ0v) is 13.3. The van der Waals surface area contributed by atoms with Crippen LogP contribution < -0.4 is 10.2 Å². The molecule has 0 saturated carbocycles. The molecule has 1 aliphatic heterocycles. The Balaban J connectivity index is 2.14. The van der Waals surface area contributed by atoms with Crippen molar-refractivity contribution in [2.75, 3.05) is 38.6 Å². The summed E-state index contributed by atoms with van der Waals surface area (Å²) in [5.74, 6) is 0. The first kappa shape index (κ1) is 15.3. The van der Waals surface area contributed by atoms with E-state index in [0.717, 1.165) is 18.8 Å². The lowest BCUT2D eigenvalue weighted by atomic mass is 10.0. The SMILES string of the molecule is CCNCc1cnc(C)cc1N(C)C1CCN(C)CC1. The van der Waals surface area contributed by atoms with Gasteiger partial charge in [0.2, 0.25) is 0 Å². The molecule has 0 atom stereocenters. The van der Waals surface area contributed by atoms with Crippen LogP contribution in [0.4, 0.5) is 5.69 Å². The number of aryl methyl sites for hydroxylation is 1. The summed E-state index contributed by atoms with van der Waals surface area (Å²) in [4.78, 5) is 9.34. The number of piperidine rings is 1. The largest absolute Gasteiger partial charge is 0.371 e. The third-order valence-electron chi connectivity index (χ3n) is 4.28. The first-order chi connectivity index (χ1) is 9.61. The first-order valence-electron chi connectivity index (χ1n) is 7.69. The third kappa shape index (κ3) is 3.70. The molecule has 0 unspecified atom stereocenters. The van der Waals surface area contributed by atoms with Gasteiger partial charge in [-0.1, -0.05) is 6.92 Å². The van der Waals surface area contributed by atoms with Gasteiger partial charge in [-0.15, -0.1) is 0 Å². The van der Waals surface area contributed by atoms with Crippen molar-refractivity contribution in [2.24, 2.45) is 0 Å². The second kappa shape index (κ2) is 7.04. The van der Waals surface area contributed by atoms with E-state index in [2.05, 4.69) is 54.1 Å². The van der Waals surface area contributed by atoms with E-state index >= 15 is 0 Å². The molecule has 1 aromatic rings. The molecule has 0 radical (unpaired) electrons. The molecule has 1 aromatic heterocycles. The van der Waals surface area contributed by atoms with E-state index in [9.17, 15) is 0 Å². The second-order valence-corrected chi connectivity index (χ2v) is 5.88. The molecule has 4 nitrogen and oxygen atoms in total. The molecule has 2 heterocycles. The fourth-order valence-electron chi connectivity index (χ4n) is 2.88. The molecular formula is C16H28N4. The van der Waals surface area contributed by atoms with Gasteiger partial charge in [-0.05, 0) is 52.5 Å². The summed E-state index contributed by atoms with van der Waals surface area (Å²) < 4.78 is 0. The second-order valence-electron chi connectivity index (χ2n) is 5.88. The van der Waals surface area contributed by atoms with Crippen molar-refractivity contribution < 1.29 is 0 Å². The van der Waals surface area contributed by atoms with Gasteiger partial charge in [0.15, 0.2) is 0 Å². The Morgan fingerprint density at radius 1 is 1.40 bits per heavy atom. The fraction of sp³-hybridized carbons (Fsp3) is 0.688. The summed E-state index contributed by atoms with van der Waals surface area (Å²) >= 11 is 0. The predicted molar refractivity (Wildman–Crippen MR) is 85.3 cm³/mol. The van der Waals surface area contributed by atoms with E-state index < -0.39 is 0 Å². The summed E-state index contributed by atoms with van der Waals surface area (Å²) in [6.45, 7) is 8.50. The minimum absolute atomic E-state index is 0.647. The van der Waals surface area contributed by atoms with Crippen molar-refractivity contribution in [3.63, 3.8) is 0 Å². The van der Waals surface area contributed by atoms with Crippen molar-refractivity contribution in [1.82, 2.24) is 15.2 Å².